The molecular weight excluding hydrogens is 647 g/mol. The molecule has 0 atom stereocenters. The fourth-order valence-electron chi connectivity index (χ4n) is 8.30. The van der Waals surface area contributed by atoms with Gasteiger partial charge < -0.3 is 19.3 Å². The summed E-state index contributed by atoms with van der Waals surface area (Å²) in [5, 5.41) is 0. The molecule has 3 aliphatic rings. The molecule has 53 heavy (non-hydrogen) atoms. The van der Waals surface area contributed by atoms with Gasteiger partial charge in [0, 0.05) is 34.9 Å². The van der Waals surface area contributed by atoms with Gasteiger partial charge in [-0.2, -0.15) is 0 Å². The number of rotatable bonds is 3. The predicted molar refractivity (Wildman–Crippen MR) is 226 cm³/mol. The largest absolute Gasteiger partial charge is 0.489 e. The minimum absolute atomic E-state index is 0.000798. The van der Waals surface area contributed by atoms with Crippen LogP contribution in [0.1, 0.15) is 111 Å². The van der Waals surface area contributed by atoms with E-state index >= 15 is 0 Å². The summed E-state index contributed by atoms with van der Waals surface area (Å²) in [6, 6.07) is 35.0. The van der Waals surface area contributed by atoms with Crippen LogP contribution in [0.5, 0.6) is 11.5 Å². The molecule has 0 fully saturated rings. The third kappa shape index (κ3) is 6.01. The quantitative estimate of drug-likeness (QED) is 0.171. The van der Waals surface area contributed by atoms with E-state index in [1.165, 1.54) is 61.4 Å². The standard InChI is InChI=1S/C48H55BN2O2/c1-30(2)31-27-40-43-41(28-31)51(36-20-15-33(16-21-36)47(6,7)8)44-37(22-24-42-45(44)53-26-12-25-52-42)49(43)38-29-34(48(9,10)11)17-23-39(38)50(40)35-18-13-32(14-19-35)46(3,4)5/h13-24,27-30H,12,25-26H2,1-11H3. The summed E-state index contributed by atoms with van der Waals surface area (Å²) in [5.74, 6) is 1.99. The predicted octanol–water partition coefficient (Wildman–Crippen LogP) is 10.9. The number of benzene rings is 5. The van der Waals surface area contributed by atoms with Gasteiger partial charge in [0.05, 0.1) is 18.9 Å². The molecule has 0 aliphatic carbocycles. The summed E-state index contributed by atoms with van der Waals surface area (Å²) >= 11 is 0. The average molecular weight is 703 g/mol. The normalized spacial score (nSPS) is 15.2. The first-order valence-electron chi connectivity index (χ1n) is 19.6. The maximum Gasteiger partial charge on any atom is 0.252 e. The maximum atomic E-state index is 6.73. The van der Waals surface area contributed by atoms with Crippen LogP contribution < -0.4 is 35.7 Å². The Balaban J connectivity index is 1.48. The van der Waals surface area contributed by atoms with E-state index in [0.717, 1.165) is 29.3 Å². The van der Waals surface area contributed by atoms with E-state index in [-0.39, 0.29) is 23.0 Å². The van der Waals surface area contributed by atoms with E-state index in [1.54, 1.807) is 0 Å². The van der Waals surface area contributed by atoms with Gasteiger partial charge in [0.2, 0.25) is 0 Å². The molecule has 5 heteroatoms. The Morgan fingerprint density at radius 3 is 1.64 bits per heavy atom. The van der Waals surface area contributed by atoms with Crippen molar-refractivity contribution in [2.45, 2.75) is 105 Å². The van der Waals surface area contributed by atoms with E-state index in [2.05, 4.69) is 177 Å². The summed E-state index contributed by atoms with van der Waals surface area (Å²) in [7, 11) is 0. The Labute approximate surface area is 318 Å². The van der Waals surface area contributed by atoms with Gasteiger partial charge in [0.1, 0.15) is 0 Å². The highest BCUT2D eigenvalue weighted by Gasteiger charge is 2.46. The highest BCUT2D eigenvalue weighted by Crippen LogP contribution is 2.50. The summed E-state index contributed by atoms with van der Waals surface area (Å²) in [5.41, 5.74) is 16.3. The molecule has 0 spiro atoms. The van der Waals surface area contributed by atoms with Gasteiger partial charge in [-0.1, -0.05) is 119 Å². The smallest absolute Gasteiger partial charge is 0.252 e. The number of hydrogen-bond donors (Lipinski definition) is 0. The second kappa shape index (κ2) is 12.5. The summed E-state index contributed by atoms with van der Waals surface area (Å²) in [4.78, 5) is 5.01. The van der Waals surface area contributed by atoms with Crippen molar-refractivity contribution in [1.29, 1.82) is 0 Å². The molecule has 5 aromatic carbocycles. The number of ether oxygens (including phenoxy) is 2. The Bertz CT molecular complexity index is 2200. The summed E-state index contributed by atoms with van der Waals surface area (Å²) in [6.07, 6.45) is 0.853. The Morgan fingerprint density at radius 1 is 0.547 bits per heavy atom. The van der Waals surface area contributed by atoms with Crippen molar-refractivity contribution >= 4 is 57.2 Å². The van der Waals surface area contributed by atoms with E-state index in [9.17, 15) is 0 Å². The molecule has 0 saturated heterocycles. The highest BCUT2D eigenvalue weighted by molar-refractivity contribution is 7.00. The molecular formula is C48H55BN2O2. The van der Waals surface area contributed by atoms with E-state index in [0.29, 0.717) is 19.1 Å². The minimum atomic E-state index is -0.0120. The van der Waals surface area contributed by atoms with Crippen LogP contribution >= 0.6 is 0 Å². The molecule has 8 rings (SSSR count). The Morgan fingerprint density at radius 2 is 1.08 bits per heavy atom. The van der Waals surface area contributed by atoms with Crippen LogP contribution in [0, 0.1) is 0 Å². The minimum Gasteiger partial charge on any atom is -0.489 e. The van der Waals surface area contributed by atoms with Gasteiger partial charge in [0.25, 0.3) is 6.71 Å². The van der Waals surface area contributed by atoms with Crippen LogP contribution in [-0.4, -0.2) is 19.9 Å². The van der Waals surface area contributed by atoms with Gasteiger partial charge in [-0.3, -0.25) is 0 Å². The number of fused-ring (bicyclic) bond motifs is 6. The lowest BCUT2D eigenvalue weighted by Gasteiger charge is -2.45. The molecule has 3 aliphatic heterocycles. The van der Waals surface area contributed by atoms with E-state index in [1.807, 2.05) is 0 Å². The van der Waals surface area contributed by atoms with Gasteiger partial charge in [-0.15, -0.1) is 0 Å². The zero-order chi connectivity index (χ0) is 37.6. The van der Waals surface area contributed by atoms with Crippen molar-refractivity contribution in [3.63, 3.8) is 0 Å². The van der Waals surface area contributed by atoms with E-state index < -0.39 is 0 Å². The number of anilines is 6. The molecule has 0 unspecified atom stereocenters. The lowest BCUT2D eigenvalue weighted by molar-refractivity contribution is 0.297. The second-order valence-corrected chi connectivity index (χ2v) is 18.7. The lowest BCUT2D eigenvalue weighted by Crippen LogP contribution is -2.61. The molecule has 272 valence electrons. The van der Waals surface area contributed by atoms with Crippen LogP contribution in [0.25, 0.3) is 0 Å². The van der Waals surface area contributed by atoms with Gasteiger partial charge in [-0.05, 0) is 109 Å². The van der Waals surface area contributed by atoms with E-state index in [4.69, 9.17) is 9.47 Å². The monoisotopic (exact) mass is 702 g/mol. The van der Waals surface area contributed by atoms with Gasteiger partial charge in [0.15, 0.2) is 11.5 Å². The van der Waals surface area contributed by atoms with Crippen LogP contribution in [-0.2, 0) is 16.2 Å². The van der Waals surface area contributed by atoms with Crippen molar-refractivity contribution in [2.75, 3.05) is 23.0 Å². The zero-order valence-corrected chi connectivity index (χ0v) is 33.6. The van der Waals surface area contributed by atoms with Crippen molar-refractivity contribution in [2.24, 2.45) is 0 Å². The van der Waals surface area contributed by atoms with Crippen molar-refractivity contribution in [1.82, 2.24) is 0 Å². The van der Waals surface area contributed by atoms with Gasteiger partial charge in [-0.25, -0.2) is 0 Å². The molecule has 3 heterocycles. The van der Waals surface area contributed by atoms with Crippen molar-refractivity contribution in [3.8, 4) is 11.5 Å². The molecule has 0 amide bonds. The Hall–Kier alpha value is -4.64. The average Bonchev–Trinajstić information content (AvgIpc) is 3.36. The third-order valence-electron chi connectivity index (χ3n) is 11.5. The Kier molecular flexibility index (Phi) is 8.33. The number of hydrogen-bond acceptors (Lipinski definition) is 4. The van der Waals surface area contributed by atoms with Crippen molar-refractivity contribution in [3.05, 3.63) is 113 Å². The molecule has 0 radical (unpaired) electrons. The summed E-state index contributed by atoms with van der Waals surface area (Å²) in [6.45, 7) is 26.5. The number of nitrogens with zero attached hydrogens (tertiary/aromatic N) is 2. The zero-order valence-electron chi connectivity index (χ0n) is 33.6. The highest BCUT2D eigenvalue weighted by atomic mass is 16.5. The summed E-state index contributed by atoms with van der Waals surface area (Å²) < 4.78 is 13.1. The van der Waals surface area contributed by atoms with Crippen LogP contribution in [0.15, 0.2) is 91.0 Å². The topological polar surface area (TPSA) is 24.9 Å². The molecule has 5 aromatic rings. The lowest BCUT2D eigenvalue weighted by atomic mass is 9.33. The first-order chi connectivity index (χ1) is 25.0. The SMILES string of the molecule is CC(C)c1cc2c3c(c1)N(c1ccc(C(C)(C)C)cc1)c1c(ccc4c1OCCCO4)B3c1cc(C(C)(C)C)ccc1N2c1ccc(C(C)(C)C)cc1. The van der Waals surface area contributed by atoms with Crippen molar-refractivity contribution < 1.29 is 9.47 Å². The van der Waals surface area contributed by atoms with Crippen LogP contribution in [0.4, 0.5) is 34.1 Å². The molecule has 0 N–H and O–H groups in total. The first kappa shape index (κ1) is 35.4. The van der Waals surface area contributed by atoms with Gasteiger partial charge >= 0.3 is 0 Å². The second-order valence-electron chi connectivity index (χ2n) is 18.7. The molecule has 4 nitrogen and oxygen atoms in total. The fourth-order valence-corrected chi connectivity index (χ4v) is 8.30. The maximum absolute atomic E-state index is 6.73. The first-order valence-corrected chi connectivity index (χ1v) is 19.6. The fraction of sp³-hybridized carbons (Fsp3) is 0.375. The molecule has 0 aromatic heterocycles. The molecule has 0 saturated carbocycles. The van der Waals surface area contributed by atoms with Crippen LogP contribution in [0.2, 0.25) is 0 Å². The van der Waals surface area contributed by atoms with Crippen LogP contribution in [0.3, 0.4) is 0 Å². The molecule has 0 bridgehead atoms. The third-order valence-corrected chi connectivity index (χ3v) is 11.5.